The lowest BCUT2D eigenvalue weighted by Gasteiger charge is -2.15. The van der Waals surface area contributed by atoms with E-state index in [0.29, 0.717) is 0 Å². The first-order chi connectivity index (χ1) is 8.22. The van der Waals surface area contributed by atoms with Gasteiger partial charge in [0.25, 0.3) is 0 Å². The van der Waals surface area contributed by atoms with Crippen molar-refractivity contribution in [1.82, 2.24) is 5.06 Å². The fraction of sp³-hybridized carbons (Fsp3) is 0.154. The number of hydrogen-bond donors (Lipinski definition) is 1. The number of nitrogens with zero attached hydrogens (tertiary/aromatic N) is 1. The van der Waals surface area contributed by atoms with Crippen LogP contribution in [0.4, 0.5) is 10.5 Å². The summed E-state index contributed by atoms with van der Waals surface area (Å²) in [6.45, 7) is 0. The summed E-state index contributed by atoms with van der Waals surface area (Å²) in [5.41, 5.74) is 0.775. The van der Waals surface area contributed by atoms with Crippen LogP contribution < -0.4 is 5.32 Å². The number of rotatable bonds is 2. The van der Waals surface area contributed by atoms with Crippen molar-refractivity contribution >= 4 is 22.5 Å². The van der Waals surface area contributed by atoms with Crippen molar-refractivity contribution in [2.45, 2.75) is 0 Å². The molecule has 4 heteroatoms. The molecule has 0 fully saturated rings. The largest absolute Gasteiger partial charge is 0.345 e. The van der Waals surface area contributed by atoms with Crippen LogP contribution in [0.2, 0.25) is 0 Å². The number of fused-ring (bicyclic) bond motifs is 1. The number of hydrogen-bond acceptors (Lipinski definition) is 2. The van der Waals surface area contributed by atoms with Gasteiger partial charge in [0.2, 0.25) is 0 Å². The smallest absolute Gasteiger partial charge is 0.305 e. The molecule has 0 spiro atoms. The van der Waals surface area contributed by atoms with E-state index in [-0.39, 0.29) is 6.03 Å². The van der Waals surface area contributed by atoms with Gasteiger partial charge in [0.05, 0.1) is 12.8 Å². The van der Waals surface area contributed by atoms with Crippen molar-refractivity contribution in [1.29, 1.82) is 0 Å². The molecule has 0 bridgehead atoms. The Morgan fingerprint density at radius 3 is 2.65 bits per heavy atom. The Bertz CT molecular complexity index is 534. The summed E-state index contributed by atoms with van der Waals surface area (Å²) in [7, 11) is 3.00. The average Bonchev–Trinajstić information content (AvgIpc) is 2.38. The second kappa shape index (κ2) is 4.84. The van der Waals surface area contributed by atoms with Gasteiger partial charge in [-0.15, -0.1) is 0 Å². The minimum atomic E-state index is -0.302. The molecule has 0 aliphatic heterocycles. The lowest BCUT2D eigenvalue weighted by Crippen LogP contribution is -2.30. The minimum absolute atomic E-state index is 0.302. The molecule has 0 unspecified atom stereocenters. The second-order valence-corrected chi connectivity index (χ2v) is 3.64. The molecule has 88 valence electrons. The summed E-state index contributed by atoms with van der Waals surface area (Å²) in [5.74, 6) is 0. The Kier molecular flexibility index (Phi) is 3.25. The predicted molar refractivity (Wildman–Crippen MR) is 67.7 cm³/mol. The maximum atomic E-state index is 11.7. The van der Waals surface area contributed by atoms with Crippen LogP contribution in [0.3, 0.4) is 0 Å². The monoisotopic (exact) mass is 230 g/mol. The lowest BCUT2D eigenvalue weighted by molar-refractivity contribution is -0.0598. The predicted octanol–water partition coefficient (Wildman–Crippen LogP) is 2.86. The molecular formula is C13H14N2O2. The van der Waals surface area contributed by atoms with E-state index in [1.807, 2.05) is 42.5 Å². The van der Waals surface area contributed by atoms with Crippen molar-refractivity contribution in [3.63, 3.8) is 0 Å². The van der Waals surface area contributed by atoms with Gasteiger partial charge in [0.15, 0.2) is 0 Å². The third kappa shape index (κ3) is 2.37. The van der Waals surface area contributed by atoms with Gasteiger partial charge in [-0.1, -0.05) is 36.4 Å². The van der Waals surface area contributed by atoms with Gasteiger partial charge in [-0.25, -0.2) is 9.86 Å². The molecular weight excluding hydrogens is 216 g/mol. The number of benzene rings is 2. The molecule has 2 amide bonds. The molecule has 0 saturated heterocycles. The van der Waals surface area contributed by atoms with Crippen molar-refractivity contribution in [3.05, 3.63) is 42.5 Å². The van der Waals surface area contributed by atoms with Gasteiger partial charge < -0.3 is 5.32 Å². The summed E-state index contributed by atoms with van der Waals surface area (Å²) in [6.07, 6.45) is 0. The van der Waals surface area contributed by atoms with E-state index in [4.69, 9.17) is 4.84 Å². The Labute approximate surface area is 99.7 Å². The van der Waals surface area contributed by atoms with Crippen LogP contribution in [0, 0.1) is 0 Å². The van der Waals surface area contributed by atoms with Gasteiger partial charge in [0.1, 0.15) is 0 Å². The maximum absolute atomic E-state index is 11.7. The zero-order valence-electron chi connectivity index (χ0n) is 9.81. The maximum Gasteiger partial charge on any atom is 0.345 e. The van der Waals surface area contributed by atoms with Crippen LogP contribution in [0.5, 0.6) is 0 Å². The van der Waals surface area contributed by atoms with Crippen LogP contribution in [0.15, 0.2) is 42.5 Å². The van der Waals surface area contributed by atoms with E-state index in [2.05, 4.69) is 5.32 Å². The highest BCUT2D eigenvalue weighted by molar-refractivity contribution is 6.01. The van der Waals surface area contributed by atoms with Crippen molar-refractivity contribution in [2.75, 3.05) is 19.5 Å². The van der Waals surface area contributed by atoms with E-state index < -0.39 is 0 Å². The van der Waals surface area contributed by atoms with Gasteiger partial charge in [-0.05, 0) is 11.5 Å². The molecule has 0 aliphatic rings. The second-order valence-electron chi connectivity index (χ2n) is 3.64. The van der Waals surface area contributed by atoms with Crippen molar-refractivity contribution in [3.8, 4) is 0 Å². The highest BCUT2D eigenvalue weighted by atomic mass is 16.7. The van der Waals surface area contributed by atoms with Crippen LogP contribution >= 0.6 is 0 Å². The summed E-state index contributed by atoms with van der Waals surface area (Å²) >= 11 is 0. The molecule has 2 aromatic carbocycles. The lowest BCUT2D eigenvalue weighted by atomic mass is 10.1. The number of amides is 2. The molecule has 2 aromatic rings. The summed E-state index contributed by atoms with van der Waals surface area (Å²) < 4.78 is 0. The van der Waals surface area contributed by atoms with Crippen LogP contribution in [-0.4, -0.2) is 25.3 Å². The molecule has 0 heterocycles. The molecule has 0 saturated carbocycles. The van der Waals surface area contributed by atoms with Crippen molar-refractivity contribution in [2.24, 2.45) is 0 Å². The van der Waals surface area contributed by atoms with Crippen LogP contribution in [0.1, 0.15) is 0 Å². The molecule has 0 aliphatic carbocycles. The van der Waals surface area contributed by atoms with E-state index in [9.17, 15) is 4.79 Å². The Morgan fingerprint density at radius 2 is 1.88 bits per heavy atom. The van der Waals surface area contributed by atoms with Gasteiger partial charge >= 0.3 is 6.03 Å². The first-order valence-electron chi connectivity index (χ1n) is 5.29. The third-order valence-electron chi connectivity index (χ3n) is 2.59. The zero-order chi connectivity index (χ0) is 12.3. The van der Waals surface area contributed by atoms with Gasteiger partial charge in [-0.3, -0.25) is 4.84 Å². The highest BCUT2D eigenvalue weighted by Gasteiger charge is 2.09. The molecule has 2 rings (SSSR count). The first-order valence-corrected chi connectivity index (χ1v) is 5.29. The normalized spacial score (nSPS) is 10.2. The summed E-state index contributed by atoms with van der Waals surface area (Å²) in [6, 6.07) is 13.4. The molecule has 17 heavy (non-hydrogen) atoms. The van der Waals surface area contributed by atoms with Crippen LogP contribution in [-0.2, 0) is 4.84 Å². The number of nitrogens with one attached hydrogen (secondary N) is 1. The summed E-state index contributed by atoms with van der Waals surface area (Å²) in [5, 5.41) is 6.03. The quantitative estimate of drug-likeness (QED) is 0.806. The molecule has 4 nitrogen and oxygen atoms in total. The number of anilines is 1. The standard InChI is InChI=1S/C13H14N2O2/c1-15(17-2)13(16)14-12-9-5-7-10-6-3-4-8-11(10)12/h3-9H,1-2H3,(H,14,16). The molecule has 0 atom stereocenters. The number of carbonyl (C=O) groups excluding carboxylic acids is 1. The number of urea groups is 1. The topological polar surface area (TPSA) is 41.6 Å². The number of carbonyl (C=O) groups is 1. The fourth-order valence-corrected chi connectivity index (χ4v) is 1.61. The molecule has 1 N–H and O–H groups in total. The minimum Gasteiger partial charge on any atom is -0.305 e. The van der Waals surface area contributed by atoms with E-state index in [0.717, 1.165) is 21.5 Å². The average molecular weight is 230 g/mol. The Hall–Kier alpha value is -2.07. The van der Waals surface area contributed by atoms with Gasteiger partial charge in [0, 0.05) is 12.4 Å². The van der Waals surface area contributed by atoms with E-state index in [1.54, 1.807) is 7.05 Å². The number of hydroxylamine groups is 2. The van der Waals surface area contributed by atoms with Crippen LogP contribution in [0.25, 0.3) is 10.8 Å². The fourth-order valence-electron chi connectivity index (χ4n) is 1.61. The van der Waals surface area contributed by atoms with E-state index in [1.165, 1.54) is 7.11 Å². The highest BCUT2D eigenvalue weighted by Crippen LogP contribution is 2.22. The van der Waals surface area contributed by atoms with E-state index >= 15 is 0 Å². The van der Waals surface area contributed by atoms with Gasteiger partial charge in [-0.2, -0.15) is 0 Å². The Morgan fingerprint density at radius 1 is 1.18 bits per heavy atom. The van der Waals surface area contributed by atoms with Crippen molar-refractivity contribution < 1.29 is 9.63 Å². The zero-order valence-corrected chi connectivity index (χ0v) is 9.81. The SMILES string of the molecule is CON(C)C(=O)Nc1cccc2ccccc12. The molecule has 0 radical (unpaired) electrons. The first kappa shape index (κ1) is 11.4. The Balaban J connectivity index is 2.33. The molecule has 0 aromatic heterocycles. The summed E-state index contributed by atoms with van der Waals surface area (Å²) in [4.78, 5) is 16.5. The third-order valence-corrected chi connectivity index (χ3v) is 2.59.